The van der Waals surface area contributed by atoms with Crippen LogP contribution in [0, 0.1) is 11.8 Å². The van der Waals surface area contributed by atoms with Gasteiger partial charge in [0, 0.05) is 1.43 Å². The van der Waals surface area contributed by atoms with Crippen molar-refractivity contribution in [2.75, 3.05) is 0 Å². The average molecular weight is 142 g/mol. The summed E-state index contributed by atoms with van der Waals surface area (Å²) >= 11 is 0. The normalized spacial score (nSPS) is 34.2. The van der Waals surface area contributed by atoms with Crippen LogP contribution in [0.5, 0.6) is 0 Å². The third-order valence-corrected chi connectivity index (χ3v) is 3.12. The van der Waals surface area contributed by atoms with Crippen molar-refractivity contribution in [1.82, 2.24) is 0 Å². The monoisotopic (exact) mass is 142 g/mol. The van der Waals surface area contributed by atoms with Crippen molar-refractivity contribution in [3.63, 3.8) is 0 Å². The van der Waals surface area contributed by atoms with E-state index in [-0.39, 0.29) is 1.43 Å². The Bertz CT molecular complexity index is 70.9. The fourth-order valence-electron chi connectivity index (χ4n) is 2.05. The minimum atomic E-state index is 0. The van der Waals surface area contributed by atoms with E-state index in [0.717, 1.165) is 11.8 Å². The maximum absolute atomic E-state index is 2.33. The molecule has 0 aromatic heterocycles. The zero-order chi connectivity index (χ0) is 7.40. The van der Waals surface area contributed by atoms with Crippen LogP contribution in [0.25, 0.3) is 0 Å². The van der Waals surface area contributed by atoms with Crippen LogP contribution in [0.2, 0.25) is 0 Å². The van der Waals surface area contributed by atoms with Gasteiger partial charge in [-0.05, 0) is 11.8 Å². The summed E-state index contributed by atoms with van der Waals surface area (Å²) in [4.78, 5) is 0. The molecule has 0 bridgehead atoms. The minimum Gasteiger partial charge on any atom is -0.0651 e. The molecule has 0 radical (unpaired) electrons. The van der Waals surface area contributed by atoms with Gasteiger partial charge in [0.05, 0.1) is 0 Å². The summed E-state index contributed by atoms with van der Waals surface area (Å²) in [5.74, 6) is 2.14. The lowest BCUT2D eigenvalue weighted by atomic mass is 9.80. The summed E-state index contributed by atoms with van der Waals surface area (Å²) in [6.07, 6.45) is 8.86. The summed E-state index contributed by atoms with van der Waals surface area (Å²) in [5, 5.41) is 0. The molecule has 0 nitrogen and oxygen atoms in total. The van der Waals surface area contributed by atoms with E-state index < -0.39 is 0 Å². The molecule has 0 heteroatoms. The van der Waals surface area contributed by atoms with Crippen molar-refractivity contribution in [2.24, 2.45) is 11.8 Å². The topological polar surface area (TPSA) is 0 Å². The summed E-state index contributed by atoms with van der Waals surface area (Å²) in [5.41, 5.74) is 0. The van der Waals surface area contributed by atoms with Gasteiger partial charge in [-0.1, -0.05) is 52.4 Å². The Morgan fingerprint density at radius 1 is 0.900 bits per heavy atom. The first-order valence-electron chi connectivity index (χ1n) is 4.86. The first-order valence-corrected chi connectivity index (χ1v) is 4.86. The first-order chi connectivity index (χ1) is 4.86. The maximum Gasteiger partial charge on any atom is 0 e. The summed E-state index contributed by atoms with van der Waals surface area (Å²) in [7, 11) is 0. The second kappa shape index (κ2) is 4.00. The van der Waals surface area contributed by atoms with Crippen LogP contribution in [-0.4, -0.2) is 0 Å². The Kier molecular flexibility index (Phi) is 3.24. The molecule has 0 aromatic carbocycles. The summed E-state index contributed by atoms with van der Waals surface area (Å²) < 4.78 is 0. The molecular weight excluding hydrogens is 120 g/mol. The molecule has 0 N–H and O–H groups in total. The first kappa shape index (κ1) is 8.10. The van der Waals surface area contributed by atoms with E-state index in [1.54, 1.807) is 0 Å². The number of hydrogen-bond donors (Lipinski definition) is 0. The van der Waals surface area contributed by atoms with Crippen LogP contribution in [-0.2, 0) is 0 Å². The molecule has 0 unspecified atom stereocenters. The lowest BCUT2D eigenvalue weighted by Crippen LogP contribution is -2.12. The Morgan fingerprint density at radius 3 is 1.40 bits per heavy atom. The molecule has 0 heterocycles. The highest BCUT2D eigenvalue weighted by atomic mass is 14.2. The lowest BCUT2D eigenvalue weighted by Gasteiger charge is -2.26. The van der Waals surface area contributed by atoms with Crippen LogP contribution in [0.4, 0.5) is 0 Å². The van der Waals surface area contributed by atoms with E-state index in [9.17, 15) is 0 Å². The summed E-state index contributed by atoms with van der Waals surface area (Å²) in [6, 6.07) is 0. The van der Waals surface area contributed by atoms with Crippen LogP contribution in [0.15, 0.2) is 0 Å². The Hall–Kier alpha value is 0. The van der Waals surface area contributed by atoms with E-state index in [1.165, 1.54) is 38.5 Å². The second-order valence-electron chi connectivity index (χ2n) is 3.70. The number of hydrogen-bond acceptors (Lipinski definition) is 0. The Labute approximate surface area is 66.5 Å². The Balaban J connectivity index is 0.000001000. The predicted molar refractivity (Wildman–Crippen MR) is 48.1 cm³/mol. The summed E-state index contributed by atoms with van der Waals surface area (Å²) in [6.45, 7) is 4.66. The molecule has 1 rings (SSSR count). The van der Waals surface area contributed by atoms with Crippen molar-refractivity contribution >= 4 is 0 Å². The van der Waals surface area contributed by atoms with Crippen LogP contribution >= 0.6 is 0 Å². The largest absolute Gasteiger partial charge is 0.0651 e. The van der Waals surface area contributed by atoms with Crippen molar-refractivity contribution < 1.29 is 1.43 Å². The van der Waals surface area contributed by atoms with Gasteiger partial charge in [0.15, 0.2) is 0 Å². The minimum absolute atomic E-state index is 0. The maximum atomic E-state index is 2.33. The molecule has 0 saturated heterocycles. The van der Waals surface area contributed by atoms with Crippen LogP contribution in [0.1, 0.15) is 53.8 Å². The molecule has 0 atom stereocenters. The number of rotatable bonds is 2. The van der Waals surface area contributed by atoms with E-state index >= 15 is 0 Å². The zero-order valence-corrected chi connectivity index (χ0v) is 7.40. The third kappa shape index (κ3) is 2.00. The van der Waals surface area contributed by atoms with Gasteiger partial charge in [-0.15, -0.1) is 0 Å². The van der Waals surface area contributed by atoms with Gasteiger partial charge in [-0.25, -0.2) is 0 Å². The predicted octanol–water partition coefficient (Wildman–Crippen LogP) is 3.86. The highest BCUT2D eigenvalue weighted by Gasteiger charge is 2.17. The van der Waals surface area contributed by atoms with E-state index in [0.29, 0.717) is 0 Å². The SMILES string of the molecule is CCC1CCC(CC)CC1.[HH]. The quantitative estimate of drug-likeness (QED) is 0.549. The van der Waals surface area contributed by atoms with Gasteiger partial charge in [0.25, 0.3) is 0 Å². The highest BCUT2D eigenvalue weighted by Crippen LogP contribution is 2.31. The average Bonchev–Trinajstić information content (AvgIpc) is 2.05. The highest BCUT2D eigenvalue weighted by molar-refractivity contribution is 4.70. The Morgan fingerprint density at radius 2 is 1.20 bits per heavy atom. The molecule has 62 valence electrons. The van der Waals surface area contributed by atoms with Gasteiger partial charge in [-0.3, -0.25) is 0 Å². The van der Waals surface area contributed by atoms with Gasteiger partial charge < -0.3 is 0 Å². The molecule has 1 fully saturated rings. The smallest absolute Gasteiger partial charge is 0 e. The fourth-order valence-corrected chi connectivity index (χ4v) is 2.05. The molecule has 10 heavy (non-hydrogen) atoms. The zero-order valence-electron chi connectivity index (χ0n) is 7.40. The van der Waals surface area contributed by atoms with Crippen LogP contribution < -0.4 is 0 Å². The standard InChI is InChI=1S/C10H20.H2/c1-3-9-5-7-10(4-2)8-6-9;/h9-10H,3-8H2,1-2H3;1H. The molecule has 1 aliphatic carbocycles. The van der Waals surface area contributed by atoms with Crippen molar-refractivity contribution in [1.29, 1.82) is 0 Å². The van der Waals surface area contributed by atoms with Gasteiger partial charge in [0.1, 0.15) is 0 Å². The third-order valence-electron chi connectivity index (χ3n) is 3.12. The van der Waals surface area contributed by atoms with E-state index in [4.69, 9.17) is 0 Å². The fraction of sp³-hybridized carbons (Fsp3) is 1.00. The molecular formula is C10H22. The molecule has 1 aliphatic rings. The van der Waals surface area contributed by atoms with Crippen molar-refractivity contribution in [3.8, 4) is 0 Å². The van der Waals surface area contributed by atoms with Gasteiger partial charge in [0.2, 0.25) is 0 Å². The van der Waals surface area contributed by atoms with Gasteiger partial charge >= 0.3 is 0 Å². The van der Waals surface area contributed by atoms with Crippen molar-refractivity contribution in [2.45, 2.75) is 52.4 Å². The molecule has 0 spiro atoms. The van der Waals surface area contributed by atoms with Crippen LogP contribution in [0.3, 0.4) is 0 Å². The second-order valence-corrected chi connectivity index (χ2v) is 3.70. The molecule has 0 amide bonds. The molecule has 0 aromatic rings. The van der Waals surface area contributed by atoms with E-state index in [2.05, 4.69) is 13.8 Å². The van der Waals surface area contributed by atoms with Gasteiger partial charge in [-0.2, -0.15) is 0 Å². The van der Waals surface area contributed by atoms with Crippen molar-refractivity contribution in [3.05, 3.63) is 0 Å². The lowest BCUT2D eigenvalue weighted by molar-refractivity contribution is 0.264. The van der Waals surface area contributed by atoms with E-state index in [1.807, 2.05) is 0 Å². The molecule has 0 aliphatic heterocycles. The molecule has 1 saturated carbocycles.